The summed E-state index contributed by atoms with van der Waals surface area (Å²) in [5.41, 5.74) is 0. The number of carbonyl (C=O) groups is 2. The molecule has 0 aromatic carbocycles. The predicted octanol–water partition coefficient (Wildman–Crippen LogP) is 17.9. The molecule has 0 saturated carbocycles. The minimum absolute atomic E-state index is 0.0330. The first kappa shape index (κ1) is 71.7. The summed E-state index contributed by atoms with van der Waals surface area (Å²) < 4.78 is 30.2. The number of nitrogens with one attached hydrogen (secondary N) is 1. The molecule has 0 spiro atoms. The molecule has 1 amide bonds. The van der Waals surface area contributed by atoms with Gasteiger partial charge in [0.25, 0.3) is 7.82 Å². The zero-order chi connectivity index (χ0) is 55.0. The number of carbonyl (C=O) groups excluding carboxylic acids is 2. The minimum atomic E-state index is -4.71. The summed E-state index contributed by atoms with van der Waals surface area (Å²) in [5.74, 6) is -0.580. The fraction of sp³-hybridized carbons (Fsp3) is 0.692. The monoisotopic (exact) mass is 1060 g/mol. The number of esters is 1. The van der Waals surface area contributed by atoms with Gasteiger partial charge in [-0.25, -0.2) is 0 Å². The molecule has 0 aromatic heterocycles. The van der Waals surface area contributed by atoms with E-state index in [0.29, 0.717) is 23.9 Å². The SMILES string of the molecule is CC/C=C\C/C=C\C/C=C\C/C=C\C/C=C\CCCCCCCCCCCC(=O)OC(/C=C\CCCCCCCCCCC)C(COP(=O)([O-])OCC[N+](C)(C)C)NC(=O)CCCCCCC\C=C/C=C/C=C/CC. The average Bonchev–Trinajstić information content (AvgIpc) is 3.37. The largest absolute Gasteiger partial charge is 0.756 e. The summed E-state index contributed by atoms with van der Waals surface area (Å²) in [6, 6.07) is -0.907. The van der Waals surface area contributed by atoms with Gasteiger partial charge >= 0.3 is 5.97 Å². The fourth-order valence-electron chi connectivity index (χ4n) is 8.14. The molecule has 0 aliphatic heterocycles. The van der Waals surface area contributed by atoms with Gasteiger partial charge in [0.1, 0.15) is 19.3 Å². The Labute approximate surface area is 461 Å². The van der Waals surface area contributed by atoms with E-state index in [-0.39, 0.29) is 31.3 Å². The molecule has 3 unspecified atom stereocenters. The number of hydrogen-bond acceptors (Lipinski definition) is 7. The lowest BCUT2D eigenvalue weighted by Gasteiger charge is -2.30. The van der Waals surface area contributed by atoms with Crippen LogP contribution in [0.3, 0.4) is 0 Å². The van der Waals surface area contributed by atoms with Crippen molar-refractivity contribution in [3.05, 3.63) is 109 Å². The minimum Gasteiger partial charge on any atom is -0.756 e. The van der Waals surface area contributed by atoms with Crippen LogP contribution in [0, 0.1) is 0 Å². The highest BCUT2D eigenvalue weighted by Gasteiger charge is 2.27. The molecule has 0 aliphatic carbocycles. The van der Waals surface area contributed by atoms with Crippen LogP contribution >= 0.6 is 7.82 Å². The van der Waals surface area contributed by atoms with Gasteiger partial charge in [-0.1, -0.05) is 240 Å². The number of rotatable bonds is 53. The Morgan fingerprint density at radius 3 is 1.43 bits per heavy atom. The van der Waals surface area contributed by atoms with Crippen LogP contribution in [-0.4, -0.2) is 69.4 Å². The first-order valence-corrected chi connectivity index (χ1v) is 31.7. The Balaban J connectivity index is 5.16. The van der Waals surface area contributed by atoms with Crippen LogP contribution in [0.2, 0.25) is 0 Å². The highest BCUT2D eigenvalue weighted by atomic mass is 31.2. The van der Waals surface area contributed by atoms with Crippen molar-refractivity contribution >= 4 is 19.7 Å². The molecular formula is C65H113N2O7P. The maximum Gasteiger partial charge on any atom is 0.306 e. The van der Waals surface area contributed by atoms with Gasteiger partial charge in [0.15, 0.2) is 0 Å². The molecule has 9 nitrogen and oxygen atoms in total. The number of likely N-dealkylation sites (N-methyl/N-ethyl adjacent to an activating group) is 1. The number of phosphoric ester groups is 1. The van der Waals surface area contributed by atoms with E-state index in [4.69, 9.17) is 13.8 Å². The Kier molecular flexibility index (Phi) is 51.6. The number of ether oxygens (including phenoxy) is 1. The van der Waals surface area contributed by atoms with Gasteiger partial charge in [-0.15, -0.1) is 0 Å². The van der Waals surface area contributed by atoms with E-state index in [2.05, 4.69) is 117 Å². The van der Waals surface area contributed by atoms with Gasteiger partial charge in [-0.05, 0) is 96.0 Å². The predicted molar refractivity (Wildman–Crippen MR) is 320 cm³/mol. The molecule has 0 saturated heterocycles. The normalized spacial score (nSPS) is 14.5. The highest BCUT2D eigenvalue weighted by molar-refractivity contribution is 7.45. The van der Waals surface area contributed by atoms with Crippen LogP contribution < -0.4 is 10.2 Å². The Hall–Kier alpha value is -3.33. The third kappa shape index (κ3) is 55.2. The lowest BCUT2D eigenvalue weighted by Crippen LogP contribution is -2.47. The number of nitrogens with zero attached hydrogens (tertiary/aromatic N) is 1. The van der Waals surface area contributed by atoms with E-state index in [1.807, 2.05) is 39.4 Å². The van der Waals surface area contributed by atoms with Gasteiger partial charge in [0.2, 0.25) is 5.91 Å². The third-order valence-electron chi connectivity index (χ3n) is 12.8. The second kappa shape index (κ2) is 54.0. The quantitative estimate of drug-likeness (QED) is 0.0161. The Bertz CT molecular complexity index is 1650. The van der Waals surface area contributed by atoms with E-state index < -0.39 is 26.6 Å². The van der Waals surface area contributed by atoms with Crippen molar-refractivity contribution in [3.8, 4) is 0 Å². The maximum absolute atomic E-state index is 13.5. The van der Waals surface area contributed by atoms with E-state index in [9.17, 15) is 19.0 Å². The summed E-state index contributed by atoms with van der Waals surface area (Å²) in [7, 11) is 1.15. The number of allylic oxidation sites excluding steroid dienone is 17. The molecule has 430 valence electrons. The Morgan fingerprint density at radius 1 is 0.493 bits per heavy atom. The molecule has 0 bridgehead atoms. The second-order valence-electron chi connectivity index (χ2n) is 21.1. The van der Waals surface area contributed by atoms with Crippen molar-refractivity contribution in [1.29, 1.82) is 0 Å². The van der Waals surface area contributed by atoms with E-state index in [1.54, 1.807) is 0 Å². The first-order chi connectivity index (χ1) is 36.4. The lowest BCUT2D eigenvalue weighted by atomic mass is 10.1. The van der Waals surface area contributed by atoms with Gasteiger partial charge < -0.3 is 28.5 Å². The molecule has 3 atom stereocenters. The number of phosphoric acid groups is 1. The molecule has 0 aromatic rings. The second-order valence-corrected chi connectivity index (χ2v) is 22.6. The van der Waals surface area contributed by atoms with Gasteiger partial charge in [0, 0.05) is 12.8 Å². The summed E-state index contributed by atoms with van der Waals surface area (Å²) in [4.78, 5) is 39.9. The first-order valence-electron chi connectivity index (χ1n) is 30.2. The average molecular weight is 1070 g/mol. The molecule has 0 rings (SSSR count). The van der Waals surface area contributed by atoms with Crippen molar-refractivity contribution in [2.24, 2.45) is 0 Å². The number of quaternary nitrogens is 1. The lowest BCUT2D eigenvalue weighted by molar-refractivity contribution is -0.870. The van der Waals surface area contributed by atoms with E-state index in [0.717, 1.165) is 116 Å². The summed E-state index contributed by atoms with van der Waals surface area (Å²) in [6.45, 7) is 6.55. The van der Waals surface area contributed by atoms with Crippen LogP contribution in [-0.2, 0) is 27.9 Å². The number of unbranched alkanes of at least 4 members (excludes halogenated alkanes) is 23. The molecule has 10 heteroatoms. The fourth-order valence-corrected chi connectivity index (χ4v) is 8.86. The summed E-state index contributed by atoms with van der Waals surface area (Å²) in [6.07, 6.45) is 73.5. The van der Waals surface area contributed by atoms with Crippen molar-refractivity contribution in [1.82, 2.24) is 5.32 Å². The molecule has 75 heavy (non-hydrogen) atoms. The zero-order valence-electron chi connectivity index (χ0n) is 49.0. The van der Waals surface area contributed by atoms with Gasteiger partial charge in [0.05, 0.1) is 33.8 Å². The van der Waals surface area contributed by atoms with Crippen molar-refractivity contribution in [3.63, 3.8) is 0 Å². The zero-order valence-corrected chi connectivity index (χ0v) is 49.9. The van der Waals surface area contributed by atoms with Crippen LogP contribution in [0.1, 0.15) is 239 Å². The number of amides is 1. The topological polar surface area (TPSA) is 114 Å². The maximum atomic E-state index is 13.5. The summed E-state index contributed by atoms with van der Waals surface area (Å²) >= 11 is 0. The van der Waals surface area contributed by atoms with Gasteiger partial charge in [-0.3, -0.25) is 14.2 Å². The molecule has 0 aliphatic rings. The van der Waals surface area contributed by atoms with Crippen molar-refractivity contribution in [2.45, 2.75) is 251 Å². The molecule has 0 fully saturated rings. The van der Waals surface area contributed by atoms with E-state index in [1.165, 1.54) is 77.0 Å². The number of hydrogen-bond donors (Lipinski definition) is 1. The van der Waals surface area contributed by atoms with Crippen LogP contribution in [0.15, 0.2) is 109 Å². The third-order valence-corrected chi connectivity index (χ3v) is 13.7. The molecule has 1 N–H and O–H groups in total. The smallest absolute Gasteiger partial charge is 0.306 e. The van der Waals surface area contributed by atoms with Crippen LogP contribution in [0.4, 0.5) is 0 Å². The molecular weight excluding hydrogens is 952 g/mol. The standard InChI is InChI=1S/C65H113N2O7P/c1-7-10-13-16-19-22-25-27-28-29-30-31-32-33-34-35-36-37-38-40-43-46-49-52-55-58-65(69)74-63(56-53-50-47-44-41-24-21-18-15-12-9-3)62(61-73-75(70,71)72-60-59-67(4,5)6)66-64(68)57-54-51-48-45-42-39-26-23-20-17-14-11-8-2/h10-11,13-14,17,19-20,22-23,26-28,30-31,33-34,53,56,62-63H,7-9,12,15-16,18,21,24-25,29,32,35-52,54-55,57-61H2,1-6H3,(H-,66,68,70,71)/b13-10-,14-11+,20-17+,22-19-,26-23-,28-27-,31-30-,34-33-,56-53-. The van der Waals surface area contributed by atoms with Crippen LogP contribution in [0.25, 0.3) is 0 Å². The molecule has 0 radical (unpaired) electrons. The van der Waals surface area contributed by atoms with Crippen molar-refractivity contribution in [2.75, 3.05) is 40.9 Å². The molecule has 0 heterocycles. The Morgan fingerprint density at radius 2 is 0.920 bits per heavy atom. The summed E-state index contributed by atoms with van der Waals surface area (Å²) in [5, 5.41) is 3.00. The van der Waals surface area contributed by atoms with Gasteiger partial charge in [-0.2, -0.15) is 0 Å². The highest BCUT2D eigenvalue weighted by Crippen LogP contribution is 2.38. The van der Waals surface area contributed by atoms with Crippen molar-refractivity contribution < 1.29 is 37.3 Å². The van der Waals surface area contributed by atoms with E-state index >= 15 is 0 Å². The van der Waals surface area contributed by atoms with Crippen LogP contribution in [0.5, 0.6) is 0 Å².